The Kier molecular flexibility index (Phi) is 4.99. The smallest absolute Gasteiger partial charge is 0.128 e. The Labute approximate surface area is 132 Å². The molecule has 0 amide bonds. The molecule has 0 fully saturated rings. The van der Waals surface area contributed by atoms with Gasteiger partial charge < -0.3 is 10.6 Å². The van der Waals surface area contributed by atoms with Crippen molar-refractivity contribution in [3.05, 3.63) is 70.5 Å². The molecule has 0 aliphatic heterocycles. The second-order valence-corrected chi connectivity index (χ2v) is 6.48. The lowest BCUT2D eigenvalue weighted by Gasteiger charge is -2.34. The molecule has 2 nitrogen and oxygen atoms in total. The van der Waals surface area contributed by atoms with Crippen molar-refractivity contribution < 1.29 is 4.39 Å². The van der Waals surface area contributed by atoms with Crippen LogP contribution in [0.15, 0.2) is 42.5 Å². The molecule has 1 unspecified atom stereocenters. The van der Waals surface area contributed by atoms with Gasteiger partial charge in [0.15, 0.2) is 0 Å². The van der Waals surface area contributed by atoms with Gasteiger partial charge in [-0.15, -0.1) is 0 Å². The summed E-state index contributed by atoms with van der Waals surface area (Å²) in [5.41, 5.74) is 10.1. The molecular formula is C19H25FN2. The van der Waals surface area contributed by atoms with E-state index in [0.717, 1.165) is 0 Å². The lowest BCUT2D eigenvalue weighted by atomic mass is 9.82. The van der Waals surface area contributed by atoms with Gasteiger partial charge in [-0.3, -0.25) is 0 Å². The maximum Gasteiger partial charge on any atom is 0.128 e. The first-order valence-corrected chi connectivity index (χ1v) is 7.56. The molecule has 2 N–H and O–H groups in total. The average Bonchev–Trinajstić information content (AvgIpc) is 2.41. The summed E-state index contributed by atoms with van der Waals surface area (Å²) >= 11 is 0. The van der Waals surface area contributed by atoms with Crippen LogP contribution >= 0.6 is 0 Å². The molecule has 3 heteroatoms. The zero-order valence-electron chi connectivity index (χ0n) is 13.9. The molecule has 0 saturated heterocycles. The van der Waals surface area contributed by atoms with Gasteiger partial charge >= 0.3 is 0 Å². The van der Waals surface area contributed by atoms with Gasteiger partial charge in [-0.25, -0.2) is 4.39 Å². The van der Waals surface area contributed by atoms with Crippen LogP contribution in [0.3, 0.4) is 0 Å². The second kappa shape index (κ2) is 6.59. The van der Waals surface area contributed by atoms with Gasteiger partial charge in [0.05, 0.1) is 5.54 Å². The first-order chi connectivity index (χ1) is 10.3. The number of nitrogens with zero attached hydrogens (tertiary/aromatic N) is 1. The zero-order valence-corrected chi connectivity index (χ0v) is 13.9. The molecule has 0 bridgehead atoms. The van der Waals surface area contributed by atoms with Crippen LogP contribution in [-0.2, 0) is 12.0 Å². The Balaban J connectivity index is 2.44. The van der Waals surface area contributed by atoms with Crippen molar-refractivity contribution in [2.45, 2.75) is 25.8 Å². The summed E-state index contributed by atoms with van der Waals surface area (Å²) in [7, 11) is 3.93. The number of hydrogen-bond acceptors (Lipinski definition) is 2. The predicted octanol–water partition coefficient (Wildman–Crippen LogP) is 3.40. The van der Waals surface area contributed by atoms with E-state index in [1.54, 1.807) is 12.1 Å². The summed E-state index contributed by atoms with van der Waals surface area (Å²) in [5.74, 6) is -0.239. The van der Waals surface area contributed by atoms with E-state index in [0.29, 0.717) is 18.5 Å². The van der Waals surface area contributed by atoms with Crippen molar-refractivity contribution in [1.82, 2.24) is 4.90 Å². The first kappa shape index (κ1) is 16.7. The molecule has 0 aliphatic carbocycles. The van der Waals surface area contributed by atoms with E-state index in [4.69, 9.17) is 5.73 Å². The maximum atomic E-state index is 14.3. The molecule has 0 aliphatic rings. The van der Waals surface area contributed by atoms with Crippen LogP contribution in [0.2, 0.25) is 0 Å². The van der Waals surface area contributed by atoms with Gasteiger partial charge in [0.1, 0.15) is 5.82 Å². The molecule has 2 aromatic carbocycles. The molecule has 2 aromatic rings. The third-order valence-corrected chi connectivity index (χ3v) is 4.01. The SMILES string of the molecule is Cc1ccc(CC(N)(CN(C)C)c2ccccc2F)c(C)c1. The molecule has 118 valence electrons. The Morgan fingerprint density at radius 2 is 1.77 bits per heavy atom. The van der Waals surface area contributed by atoms with Crippen LogP contribution in [-0.4, -0.2) is 25.5 Å². The average molecular weight is 300 g/mol. The van der Waals surface area contributed by atoms with Gasteiger partial charge in [-0.05, 0) is 51.6 Å². The maximum absolute atomic E-state index is 14.3. The van der Waals surface area contributed by atoms with E-state index in [1.165, 1.54) is 22.8 Å². The number of aryl methyl sites for hydroxylation is 2. The van der Waals surface area contributed by atoms with Crippen LogP contribution in [0.25, 0.3) is 0 Å². The van der Waals surface area contributed by atoms with E-state index in [1.807, 2.05) is 25.1 Å². The van der Waals surface area contributed by atoms with Crippen molar-refractivity contribution in [2.24, 2.45) is 5.73 Å². The Hall–Kier alpha value is -1.71. The summed E-state index contributed by atoms with van der Waals surface area (Å²) in [6.07, 6.45) is 0.609. The van der Waals surface area contributed by atoms with E-state index >= 15 is 0 Å². The van der Waals surface area contributed by atoms with Crippen LogP contribution in [0.5, 0.6) is 0 Å². The fourth-order valence-corrected chi connectivity index (χ4v) is 3.05. The number of benzene rings is 2. The lowest BCUT2D eigenvalue weighted by Crippen LogP contribution is -2.48. The monoisotopic (exact) mass is 300 g/mol. The van der Waals surface area contributed by atoms with Gasteiger partial charge in [0.2, 0.25) is 0 Å². The second-order valence-electron chi connectivity index (χ2n) is 6.48. The topological polar surface area (TPSA) is 29.3 Å². The normalized spacial score (nSPS) is 14.1. The largest absolute Gasteiger partial charge is 0.320 e. The van der Waals surface area contributed by atoms with Gasteiger partial charge in [0, 0.05) is 12.1 Å². The third kappa shape index (κ3) is 3.73. The summed E-state index contributed by atoms with van der Waals surface area (Å²) < 4.78 is 14.3. The van der Waals surface area contributed by atoms with Gasteiger partial charge in [0.25, 0.3) is 0 Å². The molecular weight excluding hydrogens is 275 g/mol. The van der Waals surface area contributed by atoms with Crippen molar-refractivity contribution in [3.63, 3.8) is 0 Å². The highest BCUT2D eigenvalue weighted by atomic mass is 19.1. The molecule has 0 aromatic heterocycles. The fourth-order valence-electron chi connectivity index (χ4n) is 3.05. The zero-order chi connectivity index (χ0) is 16.3. The Morgan fingerprint density at radius 1 is 1.09 bits per heavy atom. The minimum Gasteiger partial charge on any atom is -0.320 e. The molecule has 0 saturated carbocycles. The van der Waals surface area contributed by atoms with Gasteiger partial charge in [-0.1, -0.05) is 42.0 Å². The Bertz CT molecular complexity index is 652. The van der Waals surface area contributed by atoms with E-state index in [2.05, 4.69) is 32.0 Å². The highest BCUT2D eigenvalue weighted by Gasteiger charge is 2.31. The summed E-state index contributed by atoms with van der Waals surface area (Å²) in [6.45, 7) is 4.74. The first-order valence-electron chi connectivity index (χ1n) is 7.56. The summed E-state index contributed by atoms with van der Waals surface area (Å²) in [5, 5.41) is 0. The van der Waals surface area contributed by atoms with E-state index in [9.17, 15) is 4.39 Å². The standard InChI is InChI=1S/C19H25FN2/c1-14-9-10-16(15(2)11-14)12-19(21,13-22(3)4)17-7-5-6-8-18(17)20/h5-11H,12-13,21H2,1-4H3. The Morgan fingerprint density at radius 3 is 2.36 bits per heavy atom. The molecule has 0 radical (unpaired) electrons. The molecule has 1 atom stereocenters. The molecule has 22 heavy (non-hydrogen) atoms. The lowest BCUT2D eigenvalue weighted by molar-refractivity contribution is 0.277. The van der Waals surface area contributed by atoms with Crippen LogP contribution in [0.4, 0.5) is 4.39 Å². The number of likely N-dealkylation sites (N-methyl/N-ethyl adjacent to an activating group) is 1. The fraction of sp³-hybridized carbons (Fsp3) is 0.368. The van der Waals surface area contributed by atoms with E-state index < -0.39 is 5.54 Å². The van der Waals surface area contributed by atoms with Crippen LogP contribution in [0, 0.1) is 19.7 Å². The van der Waals surface area contributed by atoms with E-state index in [-0.39, 0.29) is 5.82 Å². The number of hydrogen-bond donors (Lipinski definition) is 1. The molecule has 0 heterocycles. The van der Waals surface area contributed by atoms with Crippen LogP contribution in [0.1, 0.15) is 22.3 Å². The third-order valence-electron chi connectivity index (χ3n) is 4.01. The highest BCUT2D eigenvalue weighted by Crippen LogP contribution is 2.28. The molecule has 2 rings (SSSR count). The molecule has 0 spiro atoms. The predicted molar refractivity (Wildman–Crippen MR) is 90.4 cm³/mol. The number of halogens is 1. The van der Waals surface area contributed by atoms with Crippen molar-refractivity contribution in [1.29, 1.82) is 0 Å². The summed E-state index contributed by atoms with van der Waals surface area (Å²) in [4.78, 5) is 2.01. The minimum absolute atomic E-state index is 0.239. The minimum atomic E-state index is -0.755. The van der Waals surface area contributed by atoms with Crippen molar-refractivity contribution in [2.75, 3.05) is 20.6 Å². The van der Waals surface area contributed by atoms with Crippen molar-refractivity contribution >= 4 is 0 Å². The van der Waals surface area contributed by atoms with Gasteiger partial charge in [-0.2, -0.15) is 0 Å². The quantitative estimate of drug-likeness (QED) is 0.917. The highest BCUT2D eigenvalue weighted by molar-refractivity contribution is 5.35. The van der Waals surface area contributed by atoms with Crippen LogP contribution < -0.4 is 5.73 Å². The van der Waals surface area contributed by atoms with Crippen molar-refractivity contribution in [3.8, 4) is 0 Å². The summed E-state index contributed by atoms with van der Waals surface area (Å²) in [6, 6.07) is 13.1. The number of nitrogens with two attached hydrogens (primary N) is 1. The number of rotatable bonds is 5.